The summed E-state index contributed by atoms with van der Waals surface area (Å²) in [5.74, 6) is -0.907. The third kappa shape index (κ3) is 5.68. The van der Waals surface area contributed by atoms with Crippen LogP contribution in [0.25, 0.3) is 11.1 Å². The van der Waals surface area contributed by atoms with Crippen LogP contribution in [0.5, 0.6) is 0 Å². The quantitative estimate of drug-likeness (QED) is 0.423. The highest BCUT2D eigenvalue weighted by atomic mass is 16.5. The molecule has 1 aromatic heterocycles. The lowest BCUT2D eigenvalue weighted by molar-refractivity contribution is -0.137. The van der Waals surface area contributed by atoms with E-state index in [1.807, 2.05) is 24.3 Å². The maximum atomic E-state index is 12.5. The van der Waals surface area contributed by atoms with Crippen molar-refractivity contribution in [2.24, 2.45) is 0 Å². The number of aromatic nitrogens is 1. The number of carbonyl (C=O) groups excluding carboxylic acids is 2. The van der Waals surface area contributed by atoms with Crippen LogP contribution in [0.2, 0.25) is 0 Å². The first-order valence-electron chi connectivity index (χ1n) is 11.5. The normalized spacial score (nSPS) is 12.0. The fourth-order valence-electron chi connectivity index (χ4n) is 4.23. The minimum absolute atomic E-state index is 0.0271. The van der Waals surface area contributed by atoms with Gasteiger partial charge in [0.1, 0.15) is 6.61 Å². The van der Waals surface area contributed by atoms with Crippen molar-refractivity contribution in [2.45, 2.75) is 31.7 Å². The first-order chi connectivity index (χ1) is 16.9. The van der Waals surface area contributed by atoms with Crippen LogP contribution in [-0.4, -0.2) is 53.3 Å². The number of aliphatic carboxylic acids is 1. The van der Waals surface area contributed by atoms with Gasteiger partial charge in [-0.3, -0.25) is 9.59 Å². The van der Waals surface area contributed by atoms with Gasteiger partial charge in [0.05, 0.1) is 6.54 Å². The molecule has 182 valence electrons. The van der Waals surface area contributed by atoms with Crippen molar-refractivity contribution in [3.63, 3.8) is 0 Å². The van der Waals surface area contributed by atoms with Crippen molar-refractivity contribution in [3.05, 3.63) is 77.2 Å². The Morgan fingerprint density at radius 2 is 1.71 bits per heavy atom. The molecule has 0 radical (unpaired) electrons. The first-order valence-corrected chi connectivity index (χ1v) is 11.5. The van der Waals surface area contributed by atoms with E-state index in [9.17, 15) is 14.4 Å². The number of hydrogen-bond donors (Lipinski definition) is 2. The number of benzene rings is 2. The topological polar surface area (TPSA) is 122 Å². The minimum atomic E-state index is -0.857. The Bertz CT molecular complexity index is 1180. The van der Waals surface area contributed by atoms with E-state index in [0.29, 0.717) is 25.1 Å². The van der Waals surface area contributed by atoms with Crippen molar-refractivity contribution < 1.29 is 28.8 Å². The lowest BCUT2D eigenvalue weighted by Gasteiger charge is -2.14. The monoisotopic (exact) mass is 477 g/mol. The second kappa shape index (κ2) is 10.9. The molecule has 0 bridgehead atoms. The predicted molar refractivity (Wildman–Crippen MR) is 127 cm³/mol. The van der Waals surface area contributed by atoms with Gasteiger partial charge in [0, 0.05) is 32.0 Å². The summed E-state index contributed by atoms with van der Waals surface area (Å²) in [6.07, 6.45) is 0.535. The molecule has 0 aliphatic heterocycles. The van der Waals surface area contributed by atoms with Gasteiger partial charge in [-0.15, -0.1) is 0 Å². The molecule has 9 heteroatoms. The number of rotatable bonds is 10. The van der Waals surface area contributed by atoms with Crippen LogP contribution < -0.4 is 5.32 Å². The van der Waals surface area contributed by atoms with Gasteiger partial charge in [0.15, 0.2) is 11.5 Å². The third-order valence-corrected chi connectivity index (χ3v) is 6.01. The average Bonchev–Trinajstić information content (AvgIpc) is 3.46. The smallest absolute Gasteiger partial charge is 0.407 e. The van der Waals surface area contributed by atoms with Crippen LogP contribution in [0.15, 0.2) is 59.1 Å². The van der Waals surface area contributed by atoms with Crippen molar-refractivity contribution in [1.29, 1.82) is 0 Å². The molecular weight excluding hydrogens is 450 g/mol. The van der Waals surface area contributed by atoms with E-state index in [1.165, 1.54) is 11.0 Å². The standard InChI is InChI=1S/C26H27N3O6/c1-29(13-7-6-12-24(30)31)25(32)23-14-17(35-28-23)15-27-26(33)34-16-22-20-10-4-2-8-18(20)19-9-3-5-11-21(19)22/h2-5,8-11,14,22H,6-7,12-13,15-16H2,1H3,(H,27,33)(H,30,31). The van der Waals surface area contributed by atoms with E-state index < -0.39 is 12.1 Å². The molecule has 9 nitrogen and oxygen atoms in total. The number of nitrogens with one attached hydrogen (secondary N) is 1. The summed E-state index contributed by atoms with van der Waals surface area (Å²) in [6, 6.07) is 17.7. The number of fused-ring (bicyclic) bond motifs is 3. The Morgan fingerprint density at radius 3 is 2.37 bits per heavy atom. The van der Waals surface area contributed by atoms with E-state index >= 15 is 0 Å². The molecular formula is C26H27N3O6. The Kier molecular flexibility index (Phi) is 7.45. The second-order valence-electron chi connectivity index (χ2n) is 8.44. The van der Waals surface area contributed by atoms with Gasteiger partial charge in [-0.05, 0) is 35.1 Å². The zero-order chi connectivity index (χ0) is 24.8. The van der Waals surface area contributed by atoms with Crippen molar-refractivity contribution in [1.82, 2.24) is 15.4 Å². The van der Waals surface area contributed by atoms with E-state index in [1.54, 1.807) is 7.05 Å². The van der Waals surface area contributed by atoms with Gasteiger partial charge in [0.25, 0.3) is 5.91 Å². The lowest BCUT2D eigenvalue weighted by atomic mass is 9.98. The fourth-order valence-corrected chi connectivity index (χ4v) is 4.23. The fraction of sp³-hybridized carbons (Fsp3) is 0.308. The van der Waals surface area contributed by atoms with Crippen LogP contribution in [0.1, 0.15) is 52.6 Å². The Labute approximate surface area is 202 Å². The molecule has 3 aromatic rings. The number of nitrogens with zero attached hydrogens (tertiary/aromatic N) is 2. The molecule has 4 rings (SSSR count). The molecule has 0 saturated carbocycles. The van der Waals surface area contributed by atoms with E-state index in [0.717, 1.165) is 22.3 Å². The van der Waals surface area contributed by atoms with Crippen LogP contribution in [0, 0.1) is 0 Å². The van der Waals surface area contributed by atoms with Crippen LogP contribution in [-0.2, 0) is 16.1 Å². The first kappa shape index (κ1) is 24.0. The summed E-state index contributed by atoms with van der Waals surface area (Å²) >= 11 is 0. The number of carboxylic acid groups (broad SMARTS) is 1. The lowest BCUT2D eigenvalue weighted by Crippen LogP contribution is -2.28. The number of hydrogen-bond acceptors (Lipinski definition) is 6. The van der Waals surface area contributed by atoms with Gasteiger partial charge < -0.3 is 24.6 Å². The molecule has 0 saturated heterocycles. The van der Waals surface area contributed by atoms with Gasteiger partial charge in [-0.1, -0.05) is 53.7 Å². The van der Waals surface area contributed by atoms with Gasteiger partial charge >= 0.3 is 12.1 Å². The maximum Gasteiger partial charge on any atom is 0.407 e. The number of ether oxygens (including phenoxy) is 1. The summed E-state index contributed by atoms with van der Waals surface area (Å²) in [5.41, 5.74) is 4.69. The summed E-state index contributed by atoms with van der Waals surface area (Å²) < 4.78 is 10.7. The maximum absolute atomic E-state index is 12.5. The van der Waals surface area contributed by atoms with E-state index in [-0.39, 0.29) is 37.1 Å². The molecule has 2 aromatic carbocycles. The SMILES string of the molecule is CN(CCCCC(=O)O)C(=O)c1cc(CNC(=O)OCC2c3ccccc3-c3ccccc32)on1. The largest absolute Gasteiger partial charge is 0.481 e. The molecule has 2 amide bonds. The highest BCUT2D eigenvalue weighted by Crippen LogP contribution is 2.44. The zero-order valence-electron chi connectivity index (χ0n) is 19.4. The highest BCUT2D eigenvalue weighted by Gasteiger charge is 2.29. The molecule has 0 spiro atoms. The Hall–Kier alpha value is -4.14. The molecule has 0 unspecified atom stereocenters. The summed E-state index contributed by atoms with van der Waals surface area (Å²) in [5, 5.41) is 15.1. The van der Waals surface area contributed by atoms with Gasteiger partial charge in [-0.2, -0.15) is 0 Å². The number of carboxylic acids is 1. The molecule has 35 heavy (non-hydrogen) atoms. The van der Waals surface area contributed by atoms with Crippen molar-refractivity contribution in [2.75, 3.05) is 20.2 Å². The minimum Gasteiger partial charge on any atom is -0.481 e. The van der Waals surface area contributed by atoms with Crippen molar-refractivity contribution >= 4 is 18.0 Å². The summed E-state index contributed by atoms with van der Waals surface area (Å²) in [6.45, 7) is 0.637. The van der Waals surface area contributed by atoms with E-state index in [4.69, 9.17) is 14.4 Å². The Morgan fingerprint density at radius 1 is 1.06 bits per heavy atom. The molecule has 1 aliphatic carbocycles. The van der Waals surface area contributed by atoms with Crippen LogP contribution in [0.3, 0.4) is 0 Å². The third-order valence-electron chi connectivity index (χ3n) is 6.01. The number of unbranched alkanes of at least 4 members (excludes halogenated alkanes) is 1. The Balaban J connectivity index is 1.26. The van der Waals surface area contributed by atoms with Crippen LogP contribution >= 0.6 is 0 Å². The number of amides is 2. The average molecular weight is 478 g/mol. The molecule has 0 fully saturated rings. The molecule has 0 atom stereocenters. The molecule has 1 heterocycles. The predicted octanol–water partition coefficient (Wildman–Crippen LogP) is 4.04. The van der Waals surface area contributed by atoms with Crippen molar-refractivity contribution in [3.8, 4) is 11.1 Å². The second-order valence-corrected chi connectivity index (χ2v) is 8.44. The summed E-state index contributed by atoms with van der Waals surface area (Å²) in [4.78, 5) is 36.8. The van der Waals surface area contributed by atoms with Crippen LogP contribution in [0.4, 0.5) is 4.79 Å². The molecule has 1 aliphatic rings. The van der Waals surface area contributed by atoms with E-state index in [2.05, 4.69) is 34.7 Å². The summed E-state index contributed by atoms with van der Waals surface area (Å²) in [7, 11) is 1.62. The van der Waals surface area contributed by atoms with Gasteiger partial charge in [0.2, 0.25) is 0 Å². The zero-order valence-corrected chi connectivity index (χ0v) is 19.4. The number of carbonyl (C=O) groups is 3. The number of alkyl carbamates (subject to hydrolysis) is 1. The molecule has 2 N–H and O–H groups in total. The van der Waals surface area contributed by atoms with Gasteiger partial charge in [-0.25, -0.2) is 4.79 Å². The highest BCUT2D eigenvalue weighted by molar-refractivity contribution is 5.92.